The lowest BCUT2D eigenvalue weighted by Crippen LogP contribution is -3.06. The van der Waals surface area contributed by atoms with Crippen molar-refractivity contribution < 1.29 is 14.4 Å². The summed E-state index contributed by atoms with van der Waals surface area (Å²) in [4.78, 5) is 21.1. The summed E-state index contributed by atoms with van der Waals surface area (Å²) in [6.45, 7) is 3.41. The first-order valence-electron chi connectivity index (χ1n) is 8.61. The van der Waals surface area contributed by atoms with Crippen molar-refractivity contribution in [1.29, 1.82) is 0 Å². The predicted octanol–water partition coefficient (Wildman–Crippen LogP) is 2.40. The number of amides is 1. The fourth-order valence-corrected chi connectivity index (χ4v) is 3.78. The molecule has 3 aromatic rings. The van der Waals surface area contributed by atoms with E-state index < -0.39 is 0 Å². The number of aromatic nitrogens is 1. The molecule has 0 aliphatic heterocycles. The molecule has 6 heteroatoms. The molecule has 1 amide bonds. The van der Waals surface area contributed by atoms with Crippen LogP contribution in [-0.4, -0.2) is 45.2 Å². The number of likely N-dealkylation sites (N-methyl/N-ethyl adjacent to an activating group) is 1. The molecule has 0 aliphatic rings. The monoisotopic (exact) mass is 370 g/mol. The van der Waals surface area contributed by atoms with Crippen LogP contribution in [0, 0.1) is 6.92 Å². The van der Waals surface area contributed by atoms with Gasteiger partial charge in [-0.25, -0.2) is 4.98 Å². The molecular weight excluding hydrogens is 346 g/mol. The van der Waals surface area contributed by atoms with Gasteiger partial charge in [0.05, 0.1) is 39.0 Å². The molecule has 1 aromatic heterocycles. The molecule has 3 rings (SSSR count). The van der Waals surface area contributed by atoms with Crippen molar-refractivity contribution in [3.63, 3.8) is 0 Å². The highest BCUT2D eigenvalue weighted by Gasteiger charge is 2.23. The maximum atomic E-state index is 13.3. The lowest BCUT2D eigenvalue weighted by atomic mass is 10.1. The van der Waals surface area contributed by atoms with Gasteiger partial charge in [-0.05, 0) is 30.7 Å². The number of para-hydroxylation sites is 1. The van der Waals surface area contributed by atoms with Crippen molar-refractivity contribution in [3.8, 4) is 5.75 Å². The molecule has 2 aromatic carbocycles. The van der Waals surface area contributed by atoms with Gasteiger partial charge in [-0.2, -0.15) is 0 Å². The number of hydrogen-bond donors (Lipinski definition) is 1. The molecule has 26 heavy (non-hydrogen) atoms. The summed E-state index contributed by atoms with van der Waals surface area (Å²) in [5.41, 5.74) is 2.49. The van der Waals surface area contributed by atoms with Gasteiger partial charge in [0, 0.05) is 5.56 Å². The van der Waals surface area contributed by atoms with Gasteiger partial charge in [0.1, 0.15) is 11.3 Å². The molecule has 0 unspecified atom stereocenters. The van der Waals surface area contributed by atoms with Gasteiger partial charge in [-0.1, -0.05) is 35.6 Å². The third kappa shape index (κ3) is 3.71. The molecule has 1 heterocycles. The highest BCUT2D eigenvalue weighted by Crippen LogP contribution is 2.34. The molecule has 0 aliphatic carbocycles. The van der Waals surface area contributed by atoms with Crippen LogP contribution in [0.5, 0.6) is 5.75 Å². The number of fused-ring (bicyclic) bond motifs is 1. The molecule has 0 atom stereocenters. The molecule has 0 fully saturated rings. The van der Waals surface area contributed by atoms with E-state index in [1.54, 1.807) is 12.0 Å². The smallest absolute Gasteiger partial charge is 0.260 e. The second-order valence-corrected chi connectivity index (χ2v) is 7.54. The summed E-state index contributed by atoms with van der Waals surface area (Å²) in [5, 5.41) is 0.707. The van der Waals surface area contributed by atoms with Crippen LogP contribution >= 0.6 is 11.3 Å². The average molecular weight is 370 g/mol. The van der Waals surface area contributed by atoms with E-state index in [0.717, 1.165) is 28.1 Å². The minimum atomic E-state index is -0.0117. The number of hydrogen-bond acceptors (Lipinski definition) is 4. The minimum absolute atomic E-state index is 0.0117. The first-order valence-corrected chi connectivity index (χ1v) is 9.43. The van der Waals surface area contributed by atoms with E-state index in [4.69, 9.17) is 9.72 Å². The summed E-state index contributed by atoms with van der Waals surface area (Å²) in [5.74, 6) is 0.717. The molecule has 1 N–H and O–H groups in total. The zero-order valence-corrected chi connectivity index (χ0v) is 16.4. The zero-order chi connectivity index (χ0) is 18.7. The molecule has 0 saturated heterocycles. The summed E-state index contributed by atoms with van der Waals surface area (Å²) in [7, 11) is 5.80. The minimum Gasteiger partial charge on any atom is -0.494 e. The van der Waals surface area contributed by atoms with E-state index in [1.165, 1.54) is 16.2 Å². The van der Waals surface area contributed by atoms with E-state index in [-0.39, 0.29) is 5.91 Å². The Balaban J connectivity index is 2.04. The van der Waals surface area contributed by atoms with Crippen LogP contribution in [0.15, 0.2) is 42.5 Å². The molecule has 5 nitrogen and oxygen atoms in total. The highest BCUT2D eigenvalue weighted by atomic mass is 32.1. The maximum absolute atomic E-state index is 13.3. The fraction of sp³-hybridized carbons (Fsp3) is 0.300. The largest absolute Gasteiger partial charge is 0.494 e. The quantitative estimate of drug-likeness (QED) is 0.725. The van der Waals surface area contributed by atoms with Crippen molar-refractivity contribution in [1.82, 2.24) is 4.98 Å². The summed E-state index contributed by atoms with van der Waals surface area (Å²) in [6, 6.07) is 13.5. The van der Waals surface area contributed by atoms with Crippen LogP contribution in [0.3, 0.4) is 0 Å². The standard InChI is InChI=1S/C20H23N3O2S/c1-14-8-5-6-9-15(14)19(24)23(13-12-22(2)3)20-21-18-16(25-4)10-7-11-17(18)26-20/h5-11H,12-13H2,1-4H3/p+1. The third-order valence-electron chi connectivity index (χ3n) is 4.28. The Labute approximate surface area is 157 Å². The van der Waals surface area contributed by atoms with E-state index in [1.807, 2.05) is 49.4 Å². The number of rotatable bonds is 6. The Hall–Kier alpha value is -2.44. The molecular formula is C20H24N3O2S+. The predicted molar refractivity (Wildman–Crippen MR) is 107 cm³/mol. The summed E-state index contributed by atoms with van der Waals surface area (Å²) >= 11 is 1.52. The van der Waals surface area contributed by atoms with Gasteiger partial charge in [0.15, 0.2) is 5.13 Å². The molecule has 0 bridgehead atoms. The Kier molecular flexibility index (Phi) is 5.54. The summed E-state index contributed by atoms with van der Waals surface area (Å²) in [6.07, 6.45) is 0. The molecule has 0 saturated carbocycles. The topological polar surface area (TPSA) is 46.9 Å². The SMILES string of the molecule is COc1cccc2sc(N(CC[NH+](C)C)C(=O)c3ccccc3C)nc12. The first-order chi connectivity index (χ1) is 12.5. The number of benzene rings is 2. The molecule has 0 radical (unpaired) electrons. The van der Waals surface area contributed by atoms with Gasteiger partial charge < -0.3 is 9.64 Å². The number of quaternary nitrogens is 1. The third-order valence-corrected chi connectivity index (χ3v) is 5.32. The molecule has 136 valence electrons. The van der Waals surface area contributed by atoms with Crippen molar-refractivity contribution in [2.24, 2.45) is 0 Å². The number of nitrogens with one attached hydrogen (secondary N) is 1. The Morgan fingerprint density at radius 2 is 1.96 bits per heavy atom. The summed E-state index contributed by atoms with van der Waals surface area (Å²) < 4.78 is 6.43. The van der Waals surface area contributed by atoms with Crippen LogP contribution in [-0.2, 0) is 0 Å². The normalized spacial score (nSPS) is 11.1. The van der Waals surface area contributed by atoms with Gasteiger partial charge in [0.2, 0.25) is 0 Å². The van der Waals surface area contributed by atoms with Gasteiger partial charge in [-0.15, -0.1) is 0 Å². The number of aryl methyl sites for hydroxylation is 1. The number of methoxy groups -OCH3 is 1. The van der Waals surface area contributed by atoms with Crippen molar-refractivity contribution in [3.05, 3.63) is 53.6 Å². The lowest BCUT2D eigenvalue weighted by Gasteiger charge is -2.21. The van der Waals surface area contributed by atoms with E-state index in [2.05, 4.69) is 14.1 Å². The first kappa shape index (κ1) is 18.4. The average Bonchev–Trinajstić information content (AvgIpc) is 3.05. The van der Waals surface area contributed by atoms with E-state index in [9.17, 15) is 4.79 Å². The van der Waals surface area contributed by atoms with Crippen LogP contribution in [0.2, 0.25) is 0 Å². The zero-order valence-electron chi connectivity index (χ0n) is 15.6. The van der Waals surface area contributed by atoms with Crippen LogP contribution < -0.4 is 14.5 Å². The van der Waals surface area contributed by atoms with Gasteiger partial charge >= 0.3 is 0 Å². The second-order valence-electron chi connectivity index (χ2n) is 6.53. The van der Waals surface area contributed by atoms with Crippen LogP contribution in [0.1, 0.15) is 15.9 Å². The number of carbonyl (C=O) groups excluding carboxylic acids is 1. The van der Waals surface area contributed by atoms with E-state index in [0.29, 0.717) is 17.2 Å². The van der Waals surface area contributed by atoms with Gasteiger partial charge in [0.25, 0.3) is 5.91 Å². The van der Waals surface area contributed by atoms with Gasteiger partial charge in [-0.3, -0.25) is 9.69 Å². The van der Waals surface area contributed by atoms with Crippen LogP contribution in [0.25, 0.3) is 10.2 Å². The fourth-order valence-electron chi connectivity index (χ4n) is 2.77. The number of ether oxygens (including phenoxy) is 1. The number of thiazole rings is 1. The number of anilines is 1. The highest BCUT2D eigenvalue weighted by molar-refractivity contribution is 7.22. The van der Waals surface area contributed by atoms with Crippen LogP contribution in [0.4, 0.5) is 5.13 Å². The maximum Gasteiger partial charge on any atom is 0.260 e. The Morgan fingerprint density at radius 3 is 2.65 bits per heavy atom. The number of carbonyl (C=O) groups is 1. The Morgan fingerprint density at radius 1 is 1.19 bits per heavy atom. The van der Waals surface area contributed by atoms with Crippen molar-refractivity contribution >= 4 is 32.6 Å². The Bertz CT molecular complexity index is 920. The lowest BCUT2D eigenvalue weighted by molar-refractivity contribution is -0.856. The van der Waals surface area contributed by atoms with Crippen molar-refractivity contribution in [2.45, 2.75) is 6.92 Å². The number of nitrogens with zero attached hydrogens (tertiary/aromatic N) is 2. The van der Waals surface area contributed by atoms with E-state index >= 15 is 0 Å². The second kappa shape index (κ2) is 7.85. The van der Waals surface area contributed by atoms with Crippen molar-refractivity contribution in [2.75, 3.05) is 39.2 Å². The molecule has 0 spiro atoms.